The van der Waals surface area contributed by atoms with Crippen LogP contribution in [-0.2, 0) is 16.1 Å². The van der Waals surface area contributed by atoms with Crippen molar-refractivity contribution in [2.45, 2.75) is 18.4 Å². The molecule has 1 aromatic heterocycles. The Labute approximate surface area is 142 Å². The molecule has 0 atom stereocenters. The summed E-state index contributed by atoms with van der Waals surface area (Å²) in [6.07, 6.45) is 0. The highest BCUT2D eigenvalue weighted by atomic mass is 35.5. The first-order chi connectivity index (χ1) is 11.1. The van der Waals surface area contributed by atoms with Gasteiger partial charge in [0.2, 0.25) is 0 Å². The number of aryl methyl sites for hydroxylation is 1. The van der Waals surface area contributed by atoms with E-state index in [1.165, 1.54) is 11.8 Å². The molecule has 0 radical (unpaired) electrons. The fraction of sp³-hybridized carbons (Fsp3) is 0.176. The second-order valence-corrected chi connectivity index (χ2v) is 6.40. The summed E-state index contributed by atoms with van der Waals surface area (Å²) in [4.78, 5) is 12.8. The summed E-state index contributed by atoms with van der Waals surface area (Å²) >= 11 is 7.68. The maximum absolute atomic E-state index is 11.9. The minimum atomic E-state index is -0.306. The highest BCUT2D eigenvalue weighted by Gasteiger charge is 2.10. The molecule has 0 unspecified atom stereocenters. The van der Waals surface area contributed by atoms with Gasteiger partial charge in [0.1, 0.15) is 18.1 Å². The lowest BCUT2D eigenvalue weighted by Crippen LogP contribution is -2.07. The van der Waals surface area contributed by atoms with Gasteiger partial charge in [0, 0.05) is 21.4 Å². The van der Waals surface area contributed by atoms with Crippen LogP contribution in [0.5, 0.6) is 0 Å². The highest BCUT2D eigenvalue weighted by molar-refractivity contribution is 8.00. The van der Waals surface area contributed by atoms with Gasteiger partial charge in [-0.25, -0.2) is 0 Å². The second-order valence-electron chi connectivity index (χ2n) is 4.97. The van der Waals surface area contributed by atoms with Gasteiger partial charge < -0.3 is 9.26 Å². The van der Waals surface area contributed by atoms with Crippen LogP contribution < -0.4 is 0 Å². The van der Waals surface area contributed by atoms with Crippen LogP contribution >= 0.6 is 23.4 Å². The maximum atomic E-state index is 11.9. The predicted octanol–water partition coefficient (Wildman–Crippen LogP) is 4.63. The van der Waals surface area contributed by atoms with E-state index in [1.54, 1.807) is 13.0 Å². The first-order valence-electron chi connectivity index (χ1n) is 7.01. The molecule has 118 valence electrons. The van der Waals surface area contributed by atoms with Crippen molar-refractivity contribution in [1.82, 2.24) is 5.16 Å². The molecule has 0 bridgehead atoms. The number of rotatable bonds is 5. The minimum absolute atomic E-state index is 0.118. The molecule has 0 saturated heterocycles. The van der Waals surface area contributed by atoms with E-state index in [9.17, 15) is 4.79 Å². The number of carbonyl (C=O) groups excluding carboxylic acids is 1. The smallest absolute Gasteiger partial charge is 0.316 e. The summed E-state index contributed by atoms with van der Waals surface area (Å²) in [6.45, 7) is 1.91. The SMILES string of the molecule is Cc1cc(COC(=O)CSc2cccc3cccc(Cl)c23)no1. The monoisotopic (exact) mass is 347 g/mol. The van der Waals surface area contributed by atoms with Crippen LogP contribution in [0.4, 0.5) is 0 Å². The third-order valence-electron chi connectivity index (χ3n) is 3.22. The summed E-state index contributed by atoms with van der Waals surface area (Å²) in [6, 6.07) is 13.4. The van der Waals surface area contributed by atoms with Crippen molar-refractivity contribution >= 4 is 40.1 Å². The molecular weight excluding hydrogens is 334 g/mol. The second kappa shape index (κ2) is 7.06. The zero-order valence-corrected chi connectivity index (χ0v) is 14.0. The van der Waals surface area contributed by atoms with E-state index in [4.69, 9.17) is 20.9 Å². The third-order valence-corrected chi connectivity index (χ3v) is 4.57. The molecule has 23 heavy (non-hydrogen) atoms. The van der Waals surface area contributed by atoms with Crippen molar-refractivity contribution < 1.29 is 14.1 Å². The van der Waals surface area contributed by atoms with Crippen LogP contribution in [0.25, 0.3) is 10.8 Å². The zero-order valence-electron chi connectivity index (χ0n) is 12.4. The topological polar surface area (TPSA) is 52.3 Å². The number of carbonyl (C=O) groups is 1. The van der Waals surface area contributed by atoms with Gasteiger partial charge in [0.15, 0.2) is 0 Å². The molecule has 3 aromatic rings. The summed E-state index contributed by atoms with van der Waals surface area (Å²) in [7, 11) is 0. The fourth-order valence-electron chi connectivity index (χ4n) is 2.20. The molecule has 0 saturated carbocycles. The zero-order chi connectivity index (χ0) is 16.2. The van der Waals surface area contributed by atoms with Crippen LogP contribution in [0.15, 0.2) is 51.9 Å². The van der Waals surface area contributed by atoms with E-state index in [-0.39, 0.29) is 18.3 Å². The van der Waals surface area contributed by atoms with Gasteiger partial charge in [0.25, 0.3) is 0 Å². The molecule has 4 nitrogen and oxygen atoms in total. The predicted molar refractivity (Wildman–Crippen MR) is 90.7 cm³/mol. The number of ether oxygens (including phenoxy) is 1. The van der Waals surface area contributed by atoms with Gasteiger partial charge in [-0.2, -0.15) is 0 Å². The van der Waals surface area contributed by atoms with Crippen molar-refractivity contribution in [3.05, 3.63) is 58.9 Å². The number of fused-ring (bicyclic) bond motifs is 1. The van der Waals surface area contributed by atoms with Gasteiger partial charge in [-0.05, 0) is 24.4 Å². The Hall–Kier alpha value is -1.98. The average molecular weight is 348 g/mol. The Morgan fingerprint density at radius 1 is 1.30 bits per heavy atom. The van der Waals surface area contributed by atoms with E-state index < -0.39 is 0 Å². The maximum Gasteiger partial charge on any atom is 0.316 e. The van der Waals surface area contributed by atoms with Crippen molar-refractivity contribution in [2.75, 3.05) is 5.75 Å². The molecule has 1 heterocycles. The van der Waals surface area contributed by atoms with Crippen LogP contribution in [0.1, 0.15) is 11.5 Å². The molecular formula is C17H14ClNO3S. The third kappa shape index (κ3) is 3.86. The van der Waals surface area contributed by atoms with Crippen LogP contribution in [0.2, 0.25) is 5.02 Å². The molecule has 0 aliphatic carbocycles. The average Bonchev–Trinajstić information content (AvgIpc) is 2.96. The molecule has 3 rings (SSSR count). The van der Waals surface area contributed by atoms with E-state index in [2.05, 4.69) is 5.16 Å². The minimum Gasteiger partial charge on any atom is -0.458 e. The first-order valence-corrected chi connectivity index (χ1v) is 8.38. The molecule has 0 aliphatic rings. The lowest BCUT2D eigenvalue weighted by atomic mass is 10.1. The van der Waals surface area contributed by atoms with E-state index >= 15 is 0 Å². The van der Waals surface area contributed by atoms with E-state index in [0.717, 1.165) is 15.7 Å². The molecule has 6 heteroatoms. The van der Waals surface area contributed by atoms with Gasteiger partial charge in [-0.1, -0.05) is 41.0 Å². The van der Waals surface area contributed by atoms with Crippen LogP contribution in [0.3, 0.4) is 0 Å². The number of hydrogen-bond acceptors (Lipinski definition) is 5. The first kappa shape index (κ1) is 15.9. The molecule has 0 fully saturated rings. The van der Waals surface area contributed by atoms with Gasteiger partial charge in [-0.3, -0.25) is 4.79 Å². The normalized spacial score (nSPS) is 10.9. The number of aromatic nitrogens is 1. The standard InChI is InChI=1S/C17H14ClNO3S/c1-11-8-13(19-22-11)9-21-16(20)10-23-15-7-3-5-12-4-2-6-14(18)17(12)15/h2-8H,9-10H2,1H3. The quantitative estimate of drug-likeness (QED) is 0.497. The Morgan fingerprint density at radius 3 is 2.83 bits per heavy atom. The summed E-state index contributed by atoms with van der Waals surface area (Å²) < 4.78 is 10.1. The number of thioether (sulfide) groups is 1. The number of halogens is 1. The van der Waals surface area contributed by atoms with Crippen LogP contribution in [-0.4, -0.2) is 16.9 Å². The molecule has 0 spiro atoms. The Balaban J connectivity index is 1.63. The van der Waals surface area contributed by atoms with Gasteiger partial charge in [-0.15, -0.1) is 11.8 Å². The molecule has 0 N–H and O–H groups in total. The Bertz CT molecular complexity index is 841. The number of hydrogen-bond donors (Lipinski definition) is 0. The number of esters is 1. The number of benzene rings is 2. The van der Waals surface area contributed by atoms with E-state index in [0.29, 0.717) is 16.5 Å². The van der Waals surface area contributed by atoms with Crippen molar-refractivity contribution in [1.29, 1.82) is 0 Å². The van der Waals surface area contributed by atoms with Crippen LogP contribution in [0, 0.1) is 6.92 Å². The summed E-state index contributed by atoms with van der Waals surface area (Å²) in [5.41, 5.74) is 0.606. The largest absolute Gasteiger partial charge is 0.458 e. The van der Waals surface area contributed by atoms with Crippen molar-refractivity contribution in [3.8, 4) is 0 Å². The number of nitrogens with zero attached hydrogens (tertiary/aromatic N) is 1. The molecule has 2 aromatic carbocycles. The summed E-state index contributed by atoms with van der Waals surface area (Å²) in [5, 5.41) is 6.47. The fourth-order valence-corrected chi connectivity index (χ4v) is 3.44. The van der Waals surface area contributed by atoms with Crippen molar-refractivity contribution in [2.24, 2.45) is 0 Å². The van der Waals surface area contributed by atoms with Crippen molar-refractivity contribution in [3.63, 3.8) is 0 Å². The highest BCUT2D eigenvalue weighted by Crippen LogP contribution is 2.33. The van der Waals surface area contributed by atoms with E-state index in [1.807, 2.05) is 36.4 Å². The molecule has 0 aliphatic heterocycles. The lowest BCUT2D eigenvalue weighted by Gasteiger charge is -2.08. The van der Waals surface area contributed by atoms with Gasteiger partial charge >= 0.3 is 5.97 Å². The Morgan fingerprint density at radius 2 is 2.09 bits per heavy atom. The van der Waals surface area contributed by atoms with Gasteiger partial charge in [0.05, 0.1) is 5.75 Å². The lowest BCUT2D eigenvalue weighted by molar-refractivity contribution is -0.141. The Kier molecular flexibility index (Phi) is 4.88. The molecule has 0 amide bonds. The summed E-state index contributed by atoms with van der Waals surface area (Å²) in [5.74, 6) is 0.594.